The second-order valence-corrected chi connectivity index (χ2v) is 3.68. The molecule has 1 aromatic rings. The molecule has 3 N–H and O–H groups in total. The number of alkyl carbamates (subject to hydrolysis) is 1. The van der Waals surface area contributed by atoms with Crippen molar-refractivity contribution in [1.29, 1.82) is 0 Å². The summed E-state index contributed by atoms with van der Waals surface area (Å²) in [5.41, 5.74) is 0.212. The smallest absolute Gasteiger partial charge is 0.415 e. The lowest BCUT2D eigenvalue weighted by atomic mass is 10.2. The Morgan fingerprint density at radius 1 is 1.21 bits per heavy atom. The molecular formula is C12H13NO6. The summed E-state index contributed by atoms with van der Waals surface area (Å²) in [6.45, 7) is -0.312. The molecule has 0 bridgehead atoms. The van der Waals surface area contributed by atoms with E-state index < -0.39 is 30.6 Å². The minimum absolute atomic E-state index is 0.212. The van der Waals surface area contributed by atoms with Gasteiger partial charge < -0.3 is 20.3 Å². The molecule has 0 radical (unpaired) electrons. The molecule has 1 amide bonds. The van der Waals surface area contributed by atoms with Gasteiger partial charge in [-0.1, -0.05) is 18.2 Å². The van der Waals surface area contributed by atoms with Gasteiger partial charge in [-0.05, 0) is 12.1 Å². The maximum Gasteiger partial charge on any atom is 0.415 e. The van der Waals surface area contributed by atoms with Gasteiger partial charge in [0, 0.05) is 6.54 Å². The summed E-state index contributed by atoms with van der Waals surface area (Å²) >= 11 is 0. The molecule has 102 valence electrons. The number of carbonyl (C=O) groups is 3. The van der Waals surface area contributed by atoms with Crippen molar-refractivity contribution in [2.45, 2.75) is 12.5 Å². The molecule has 0 fully saturated rings. The third-order valence-electron chi connectivity index (χ3n) is 2.09. The van der Waals surface area contributed by atoms with Crippen LogP contribution in [0.3, 0.4) is 0 Å². The number of aliphatic carboxylic acids is 1. The lowest BCUT2D eigenvalue weighted by Crippen LogP contribution is -2.34. The molecule has 0 heterocycles. The van der Waals surface area contributed by atoms with Crippen molar-refractivity contribution >= 4 is 18.0 Å². The molecule has 1 atom stereocenters. The summed E-state index contributed by atoms with van der Waals surface area (Å²) in [5.74, 6) is -2.02. The molecule has 7 heteroatoms. The van der Waals surface area contributed by atoms with Crippen LogP contribution in [0.2, 0.25) is 0 Å². The first-order valence-corrected chi connectivity index (χ1v) is 5.44. The monoisotopic (exact) mass is 267 g/mol. The van der Waals surface area contributed by atoms with E-state index >= 15 is 0 Å². The Hall–Kier alpha value is -2.41. The minimum atomic E-state index is -1.24. The SMILES string of the molecule is O=C(O)CC(O)CNC(=O)OC(=O)c1ccccc1. The molecule has 0 spiro atoms. The highest BCUT2D eigenvalue weighted by atomic mass is 16.6. The van der Waals surface area contributed by atoms with Gasteiger partial charge in [-0.25, -0.2) is 9.59 Å². The van der Waals surface area contributed by atoms with Crippen LogP contribution in [0.15, 0.2) is 30.3 Å². The van der Waals surface area contributed by atoms with Crippen LogP contribution in [0.5, 0.6) is 0 Å². The second kappa shape index (κ2) is 7.12. The molecule has 0 aliphatic rings. The van der Waals surface area contributed by atoms with Crippen molar-refractivity contribution in [3.05, 3.63) is 35.9 Å². The average molecular weight is 267 g/mol. The maximum atomic E-state index is 11.4. The predicted molar refractivity (Wildman–Crippen MR) is 63.5 cm³/mol. The second-order valence-electron chi connectivity index (χ2n) is 3.68. The van der Waals surface area contributed by atoms with Gasteiger partial charge in [-0.2, -0.15) is 0 Å². The average Bonchev–Trinajstić information content (AvgIpc) is 2.36. The number of nitrogens with one attached hydrogen (secondary N) is 1. The highest BCUT2D eigenvalue weighted by molar-refractivity contribution is 5.96. The number of hydrogen-bond acceptors (Lipinski definition) is 5. The van der Waals surface area contributed by atoms with E-state index in [1.807, 2.05) is 0 Å². The first-order valence-electron chi connectivity index (χ1n) is 5.44. The summed E-state index contributed by atoms with van der Waals surface area (Å²) in [6, 6.07) is 7.90. The van der Waals surface area contributed by atoms with E-state index in [1.54, 1.807) is 18.2 Å². The fourth-order valence-corrected chi connectivity index (χ4v) is 1.23. The minimum Gasteiger partial charge on any atom is -0.481 e. The number of carboxylic acids is 1. The van der Waals surface area contributed by atoms with Crippen molar-refractivity contribution in [2.75, 3.05) is 6.54 Å². The Morgan fingerprint density at radius 2 is 1.84 bits per heavy atom. The van der Waals surface area contributed by atoms with Crippen molar-refractivity contribution in [2.24, 2.45) is 0 Å². The number of esters is 1. The van der Waals surface area contributed by atoms with Crippen LogP contribution in [-0.2, 0) is 9.53 Å². The Balaban J connectivity index is 2.36. The molecular weight excluding hydrogens is 254 g/mol. The van der Waals surface area contributed by atoms with E-state index in [-0.39, 0.29) is 12.1 Å². The van der Waals surface area contributed by atoms with Gasteiger partial charge >= 0.3 is 18.0 Å². The number of amides is 1. The number of benzene rings is 1. The van der Waals surface area contributed by atoms with Gasteiger partial charge in [-0.15, -0.1) is 0 Å². The molecule has 19 heavy (non-hydrogen) atoms. The van der Waals surface area contributed by atoms with E-state index in [0.29, 0.717) is 0 Å². The van der Waals surface area contributed by atoms with Crippen molar-refractivity contribution < 1.29 is 29.3 Å². The Kier molecular flexibility index (Phi) is 5.49. The van der Waals surface area contributed by atoms with Crippen LogP contribution < -0.4 is 5.32 Å². The van der Waals surface area contributed by atoms with Gasteiger partial charge in [0.1, 0.15) is 0 Å². The third kappa shape index (κ3) is 5.64. The molecule has 0 aliphatic heterocycles. The fourth-order valence-electron chi connectivity index (χ4n) is 1.23. The quantitative estimate of drug-likeness (QED) is 0.525. The molecule has 0 aliphatic carbocycles. The number of ether oxygens (including phenoxy) is 1. The van der Waals surface area contributed by atoms with E-state index in [2.05, 4.69) is 10.1 Å². The predicted octanol–water partition coefficient (Wildman–Crippen LogP) is 0.389. The molecule has 7 nitrogen and oxygen atoms in total. The van der Waals surface area contributed by atoms with Crippen LogP contribution in [0.4, 0.5) is 4.79 Å². The van der Waals surface area contributed by atoms with E-state index in [0.717, 1.165) is 0 Å². The first-order chi connectivity index (χ1) is 8.99. The normalized spacial score (nSPS) is 11.4. The topological polar surface area (TPSA) is 113 Å². The van der Waals surface area contributed by atoms with Crippen molar-refractivity contribution in [1.82, 2.24) is 5.32 Å². The van der Waals surface area contributed by atoms with Gasteiger partial charge in [0.25, 0.3) is 0 Å². The summed E-state index contributed by atoms with van der Waals surface area (Å²) in [5, 5.41) is 19.7. The van der Waals surface area contributed by atoms with Crippen LogP contribution in [0.25, 0.3) is 0 Å². The molecule has 1 aromatic carbocycles. The highest BCUT2D eigenvalue weighted by Gasteiger charge is 2.15. The Bertz CT molecular complexity index is 459. The fraction of sp³-hybridized carbons (Fsp3) is 0.250. The van der Waals surface area contributed by atoms with Gasteiger partial charge in [0.15, 0.2) is 0 Å². The number of carboxylic acid groups (broad SMARTS) is 1. The Morgan fingerprint density at radius 3 is 2.42 bits per heavy atom. The third-order valence-corrected chi connectivity index (χ3v) is 2.09. The van der Waals surface area contributed by atoms with Gasteiger partial charge in [0.05, 0.1) is 18.1 Å². The number of aliphatic hydroxyl groups is 1. The Labute approximate surface area is 108 Å². The molecule has 0 aromatic heterocycles. The largest absolute Gasteiger partial charge is 0.481 e. The summed E-state index contributed by atoms with van der Waals surface area (Å²) in [4.78, 5) is 32.9. The lowest BCUT2D eigenvalue weighted by molar-refractivity contribution is -0.139. The van der Waals surface area contributed by atoms with Crippen molar-refractivity contribution in [3.63, 3.8) is 0 Å². The van der Waals surface area contributed by atoms with E-state index in [4.69, 9.17) is 5.11 Å². The first kappa shape index (κ1) is 14.7. The van der Waals surface area contributed by atoms with Gasteiger partial charge in [0.2, 0.25) is 0 Å². The zero-order valence-electron chi connectivity index (χ0n) is 9.91. The molecule has 0 saturated carbocycles. The van der Waals surface area contributed by atoms with Crippen LogP contribution in [0.1, 0.15) is 16.8 Å². The number of rotatable bonds is 5. The van der Waals surface area contributed by atoms with Crippen molar-refractivity contribution in [3.8, 4) is 0 Å². The number of carbonyl (C=O) groups excluding carboxylic acids is 2. The van der Waals surface area contributed by atoms with E-state index in [9.17, 15) is 19.5 Å². The zero-order valence-corrected chi connectivity index (χ0v) is 9.91. The zero-order chi connectivity index (χ0) is 14.3. The maximum absolute atomic E-state index is 11.4. The number of aliphatic hydroxyl groups excluding tert-OH is 1. The van der Waals surface area contributed by atoms with Crippen LogP contribution in [-0.4, -0.2) is 40.9 Å². The summed E-state index contributed by atoms with van der Waals surface area (Å²) < 4.78 is 4.44. The van der Waals surface area contributed by atoms with Crippen LogP contribution >= 0.6 is 0 Å². The number of hydrogen-bond donors (Lipinski definition) is 3. The lowest BCUT2D eigenvalue weighted by Gasteiger charge is -2.09. The van der Waals surface area contributed by atoms with Crippen LogP contribution in [0, 0.1) is 0 Å². The summed E-state index contributed by atoms with van der Waals surface area (Å²) in [6.07, 6.45) is -2.79. The van der Waals surface area contributed by atoms with Gasteiger partial charge in [-0.3, -0.25) is 4.79 Å². The van der Waals surface area contributed by atoms with E-state index in [1.165, 1.54) is 12.1 Å². The molecule has 1 unspecified atom stereocenters. The standard InChI is InChI=1S/C12H13NO6/c14-9(6-10(15)16)7-13-12(18)19-11(17)8-4-2-1-3-5-8/h1-5,9,14H,6-7H2,(H,13,18)(H,15,16). The molecule has 1 rings (SSSR count). The highest BCUT2D eigenvalue weighted by Crippen LogP contribution is 2.01. The molecule has 0 saturated heterocycles. The summed E-state index contributed by atoms with van der Waals surface area (Å²) in [7, 11) is 0.